The maximum absolute atomic E-state index is 14.6. The van der Waals surface area contributed by atoms with Crippen molar-refractivity contribution in [1.29, 1.82) is 0 Å². The molecule has 1 aliphatic heterocycles. The second kappa shape index (κ2) is 9.72. The molecule has 0 saturated carbocycles. The molecule has 3 N–H and O–H groups in total. The lowest BCUT2D eigenvalue weighted by atomic mass is 10.1. The SMILES string of the molecule is O=C(Nc1ccc(Br)cc1C(=O)O)c1cc(S(=O)(=O)Nc2ccc3c(c2)OCCO3)c(F)cc1Cl. The standard InChI is InChI=1S/C22H15BrClFN2O7S/c23-11-1-3-17(14(7-11)22(29)30)26-21(28)13-9-20(16(25)10-15(13)24)35(31,32)27-12-2-4-18-19(8-12)34-6-5-33-18/h1-4,7-10,27H,5-6H2,(H,26,28)(H,29,30). The third-order valence-electron chi connectivity index (χ3n) is 4.81. The van der Waals surface area contributed by atoms with Crippen LogP contribution in [0.5, 0.6) is 11.5 Å². The van der Waals surface area contributed by atoms with Crippen molar-refractivity contribution in [3.63, 3.8) is 0 Å². The minimum Gasteiger partial charge on any atom is -0.486 e. The Kier molecular flexibility index (Phi) is 6.88. The van der Waals surface area contributed by atoms with Crippen LogP contribution in [0.3, 0.4) is 0 Å². The molecule has 1 amide bonds. The summed E-state index contributed by atoms with van der Waals surface area (Å²) in [4.78, 5) is 23.5. The van der Waals surface area contributed by atoms with Crippen LogP contribution in [-0.2, 0) is 10.0 Å². The average Bonchev–Trinajstić information content (AvgIpc) is 2.79. The summed E-state index contributed by atoms with van der Waals surface area (Å²) < 4.78 is 54.0. The number of rotatable bonds is 6. The molecule has 0 atom stereocenters. The van der Waals surface area contributed by atoms with Crippen LogP contribution in [0, 0.1) is 5.82 Å². The van der Waals surface area contributed by atoms with Crippen LogP contribution in [0.2, 0.25) is 5.02 Å². The lowest BCUT2D eigenvalue weighted by molar-refractivity contribution is 0.0698. The zero-order valence-corrected chi connectivity index (χ0v) is 20.6. The van der Waals surface area contributed by atoms with Crippen molar-refractivity contribution >= 4 is 60.8 Å². The van der Waals surface area contributed by atoms with E-state index in [4.69, 9.17) is 21.1 Å². The molecule has 0 aliphatic carbocycles. The van der Waals surface area contributed by atoms with Gasteiger partial charge in [-0.3, -0.25) is 9.52 Å². The summed E-state index contributed by atoms with van der Waals surface area (Å²) in [5.74, 6) is -2.68. The monoisotopic (exact) mass is 584 g/mol. The number of ether oxygens (including phenoxy) is 2. The van der Waals surface area contributed by atoms with Gasteiger partial charge in [-0.1, -0.05) is 27.5 Å². The molecule has 0 aromatic heterocycles. The highest BCUT2D eigenvalue weighted by Gasteiger charge is 2.25. The van der Waals surface area contributed by atoms with E-state index >= 15 is 0 Å². The number of benzene rings is 3. The van der Waals surface area contributed by atoms with Crippen molar-refractivity contribution in [2.45, 2.75) is 4.90 Å². The minimum atomic E-state index is -4.50. The zero-order valence-electron chi connectivity index (χ0n) is 17.5. The molecule has 0 bridgehead atoms. The first-order valence-corrected chi connectivity index (χ1v) is 12.5. The molecule has 0 unspecified atom stereocenters. The van der Waals surface area contributed by atoms with Gasteiger partial charge in [-0.25, -0.2) is 17.6 Å². The molecule has 35 heavy (non-hydrogen) atoms. The number of nitrogens with one attached hydrogen (secondary N) is 2. The van der Waals surface area contributed by atoms with Crippen LogP contribution in [0.1, 0.15) is 20.7 Å². The number of carboxylic acid groups (broad SMARTS) is 1. The maximum atomic E-state index is 14.6. The Balaban J connectivity index is 1.65. The van der Waals surface area contributed by atoms with Crippen LogP contribution < -0.4 is 19.5 Å². The molecule has 4 rings (SSSR count). The molecule has 0 fully saturated rings. The predicted molar refractivity (Wildman–Crippen MR) is 129 cm³/mol. The normalized spacial score (nSPS) is 12.7. The van der Waals surface area contributed by atoms with Gasteiger partial charge in [-0.05, 0) is 42.5 Å². The van der Waals surface area contributed by atoms with E-state index in [0.717, 1.165) is 6.07 Å². The van der Waals surface area contributed by atoms with Crippen molar-refractivity contribution in [2.24, 2.45) is 0 Å². The van der Waals surface area contributed by atoms with E-state index in [1.54, 1.807) is 0 Å². The molecule has 0 radical (unpaired) electrons. The molecular weight excluding hydrogens is 571 g/mol. The quantitative estimate of drug-likeness (QED) is 0.380. The van der Waals surface area contributed by atoms with Crippen molar-refractivity contribution in [2.75, 3.05) is 23.3 Å². The highest BCUT2D eigenvalue weighted by Crippen LogP contribution is 2.34. The Bertz CT molecular complexity index is 1470. The molecule has 1 aliphatic rings. The van der Waals surface area contributed by atoms with Gasteiger partial charge in [0, 0.05) is 10.5 Å². The molecular formula is C22H15BrClFN2O7S. The summed E-state index contributed by atoms with van der Waals surface area (Å²) in [7, 11) is -4.50. The molecule has 182 valence electrons. The van der Waals surface area contributed by atoms with Crippen LogP contribution in [0.15, 0.2) is 57.9 Å². The van der Waals surface area contributed by atoms with E-state index in [9.17, 15) is 27.5 Å². The van der Waals surface area contributed by atoms with Crippen LogP contribution in [0.4, 0.5) is 15.8 Å². The number of carbonyl (C=O) groups is 2. The first-order valence-electron chi connectivity index (χ1n) is 9.81. The Hall–Kier alpha value is -3.35. The Labute approximate surface area is 212 Å². The van der Waals surface area contributed by atoms with E-state index in [1.165, 1.54) is 36.4 Å². The fraction of sp³-hybridized carbons (Fsp3) is 0.0909. The smallest absolute Gasteiger partial charge is 0.337 e. The molecule has 1 heterocycles. The molecule has 3 aromatic carbocycles. The average molecular weight is 586 g/mol. The fourth-order valence-electron chi connectivity index (χ4n) is 3.22. The summed E-state index contributed by atoms with van der Waals surface area (Å²) in [6, 6.07) is 9.87. The molecule has 0 spiro atoms. The van der Waals surface area contributed by atoms with Gasteiger partial charge in [0.2, 0.25) is 0 Å². The van der Waals surface area contributed by atoms with Gasteiger partial charge in [0.25, 0.3) is 15.9 Å². The van der Waals surface area contributed by atoms with Crippen molar-refractivity contribution in [1.82, 2.24) is 0 Å². The number of anilines is 2. The first-order chi connectivity index (χ1) is 16.5. The van der Waals surface area contributed by atoms with Gasteiger partial charge >= 0.3 is 5.97 Å². The maximum Gasteiger partial charge on any atom is 0.337 e. The number of aromatic carboxylic acids is 1. The second-order valence-corrected chi connectivity index (χ2v) is 10.1. The summed E-state index contributed by atoms with van der Waals surface area (Å²) >= 11 is 9.16. The van der Waals surface area contributed by atoms with Gasteiger partial charge in [0.05, 0.1) is 27.5 Å². The largest absolute Gasteiger partial charge is 0.486 e. The van der Waals surface area contributed by atoms with Crippen LogP contribution in [-0.4, -0.2) is 38.6 Å². The Morgan fingerprint density at radius 3 is 2.43 bits per heavy atom. The lowest BCUT2D eigenvalue weighted by Crippen LogP contribution is -2.19. The number of fused-ring (bicyclic) bond motifs is 1. The highest BCUT2D eigenvalue weighted by molar-refractivity contribution is 9.10. The number of halogens is 3. The van der Waals surface area contributed by atoms with Crippen LogP contribution >= 0.6 is 27.5 Å². The second-order valence-electron chi connectivity index (χ2n) is 7.18. The number of hydrogen-bond donors (Lipinski definition) is 3. The topological polar surface area (TPSA) is 131 Å². The number of hydrogen-bond acceptors (Lipinski definition) is 6. The summed E-state index contributed by atoms with van der Waals surface area (Å²) in [5, 5.41) is 11.4. The number of amides is 1. The van der Waals surface area contributed by atoms with Gasteiger partial charge < -0.3 is 19.9 Å². The van der Waals surface area contributed by atoms with Gasteiger partial charge in [-0.15, -0.1) is 0 Å². The number of carbonyl (C=O) groups excluding carboxylic acids is 1. The molecule has 9 nitrogen and oxygen atoms in total. The molecule has 13 heteroatoms. The fourth-order valence-corrected chi connectivity index (χ4v) is 4.95. The van der Waals surface area contributed by atoms with E-state index in [2.05, 4.69) is 26.0 Å². The van der Waals surface area contributed by atoms with E-state index in [0.29, 0.717) is 28.6 Å². The predicted octanol–water partition coefficient (Wildman–Crippen LogP) is 4.76. The summed E-state index contributed by atoms with van der Waals surface area (Å²) in [5.41, 5.74) is -0.589. The van der Waals surface area contributed by atoms with Gasteiger partial charge in [-0.2, -0.15) is 0 Å². The van der Waals surface area contributed by atoms with Gasteiger partial charge in [0.1, 0.15) is 23.9 Å². The van der Waals surface area contributed by atoms with E-state index in [1.807, 2.05) is 0 Å². The Morgan fingerprint density at radius 1 is 1.00 bits per heavy atom. The summed E-state index contributed by atoms with van der Waals surface area (Å²) in [6.07, 6.45) is 0. The lowest BCUT2D eigenvalue weighted by Gasteiger charge is -2.19. The van der Waals surface area contributed by atoms with E-state index < -0.39 is 32.6 Å². The Morgan fingerprint density at radius 2 is 1.71 bits per heavy atom. The van der Waals surface area contributed by atoms with Gasteiger partial charge in [0.15, 0.2) is 11.5 Å². The number of sulfonamides is 1. The van der Waals surface area contributed by atoms with Crippen molar-refractivity contribution in [3.05, 3.63) is 75.0 Å². The molecule has 0 saturated heterocycles. The number of carboxylic acids is 1. The van der Waals surface area contributed by atoms with Crippen molar-refractivity contribution in [3.8, 4) is 11.5 Å². The zero-order chi connectivity index (χ0) is 25.3. The molecule has 3 aromatic rings. The van der Waals surface area contributed by atoms with Crippen molar-refractivity contribution < 1.29 is 37.0 Å². The van der Waals surface area contributed by atoms with E-state index in [-0.39, 0.29) is 34.1 Å². The highest BCUT2D eigenvalue weighted by atomic mass is 79.9. The summed E-state index contributed by atoms with van der Waals surface area (Å²) in [6.45, 7) is 0.641. The van der Waals surface area contributed by atoms with Crippen LogP contribution in [0.25, 0.3) is 0 Å². The minimum absolute atomic E-state index is 0.0649. The third-order valence-corrected chi connectivity index (χ3v) is 7.01. The first kappa shape index (κ1) is 24.8. The third kappa shape index (κ3) is 5.34.